The zero-order chi connectivity index (χ0) is 18.6. The normalized spacial score (nSPS) is 18.2. The monoisotopic (exact) mass is 367 g/mol. The van der Waals surface area contributed by atoms with Crippen LogP contribution in [0.2, 0.25) is 0 Å². The van der Waals surface area contributed by atoms with Gasteiger partial charge in [-0.25, -0.2) is 0 Å². The fourth-order valence-corrected chi connectivity index (χ4v) is 3.46. The third-order valence-corrected chi connectivity index (χ3v) is 4.91. The Morgan fingerprint density at radius 1 is 1.07 bits per heavy atom. The van der Waals surface area contributed by atoms with E-state index in [0.29, 0.717) is 35.9 Å². The third-order valence-electron chi connectivity index (χ3n) is 4.91. The third kappa shape index (κ3) is 3.89. The molecule has 1 amide bonds. The number of hydrogen-bond acceptors (Lipinski definition) is 5. The van der Waals surface area contributed by atoms with Gasteiger partial charge in [-0.3, -0.25) is 9.59 Å². The number of ketones is 1. The van der Waals surface area contributed by atoms with E-state index in [1.807, 2.05) is 30.3 Å². The number of Topliss-reactive ketones (excluding diaryl/α,β-unsaturated/α-hetero) is 1. The molecule has 2 aromatic carbocycles. The maximum absolute atomic E-state index is 12.7. The molecule has 2 aliphatic rings. The summed E-state index contributed by atoms with van der Waals surface area (Å²) < 4.78 is 16.2. The summed E-state index contributed by atoms with van der Waals surface area (Å²) in [6, 6.07) is 14.5. The van der Waals surface area contributed by atoms with Gasteiger partial charge in [0.25, 0.3) is 5.91 Å². The molecule has 2 aliphatic heterocycles. The van der Waals surface area contributed by atoms with E-state index < -0.39 is 0 Å². The lowest BCUT2D eigenvalue weighted by Gasteiger charge is -2.32. The van der Waals surface area contributed by atoms with Gasteiger partial charge in [-0.15, -0.1) is 0 Å². The van der Waals surface area contributed by atoms with Crippen LogP contribution in [0.4, 0.5) is 0 Å². The Morgan fingerprint density at radius 2 is 1.89 bits per heavy atom. The summed E-state index contributed by atoms with van der Waals surface area (Å²) in [6.07, 6.45) is 1.62. The van der Waals surface area contributed by atoms with Crippen molar-refractivity contribution in [2.75, 3.05) is 26.5 Å². The number of piperidine rings is 1. The maximum Gasteiger partial charge on any atom is 0.260 e. The molecule has 0 aromatic heterocycles. The van der Waals surface area contributed by atoms with Crippen molar-refractivity contribution in [1.82, 2.24) is 4.90 Å². The van der Waals surface area contributed by atoms with Crippen LogP contribution in [0.3, 0.4) is 0 Å². The number of carbonyl (C=O) groups is 2. The lowest BCUT2D eigenvalue weighted by atomic mass is 9.90. The number of fused-ring (bicyclic) bond motifs is 1. The molecule has 4 rings (SSSR count). The summed E-state index contributed by atoms with van der Waals surface area (Å²) in [5.41, 5.74) is 0.702. The van der Waals surface area contributed by atoms with Gasteiger partial charge >= 0.3 is 0 Å². The van der Waals surface area contributed by atoms with Gasteiger partial charge in [-0.2, -0.15) is 0 Å². The Balaban J connectivity index is 1.34. The number of likely N-dealkylation sites (tertiary alicyclic amines) is 1. The van der Waals surface area contributed by atoms with Crippen LogP contribution in [0.1, 0.15) is 23.2 Å². The highest BCUT2D eigenvalue weighted by molar-refractivity contribution is 5.98. The molecule has 1 saturated heterocycles. The summed E-state index contributed by atoms with van der Waals surface area (Å²) >= 11 is 0. The second-order valence-corrected chi connectivity index (χ2v) is 6.71. The Kier molecular flexibility index (Phi) is 4.96. The van der Waals surface area contributed by atoms with Crippen LogP contribution in [0.25, 0.3) is 0 Å². The summed E-state index contributed by atoms with van der Waals surface area (Å²) in [7, 11) is 0. The lowest BCUT2D eigenvalue weighted by Crippen LogP contribution is -2.44. The Hall–Kier alpha value is -3.02. The van der Waals surface area contributed by atoms with Crippen LogP contribution in [0, 0.1) is 5.92 Å². The van der Waals surface area contributed by atoms with Gasteiger partial charge in [-0.05, 0) is 25.0 Å². The Morgan fingerprint density at radius 3 is 2.74 bits per heavy atom. The predicted molar refractivity (Wildman–Crippen MR) is 98.1 cm³/mol. The van der Waals surface area contributed by atoms with Gasteiger partial charge in [0.15, 0.2) is 23.9 Å². The number of benzene rings is 2. The van der Waals surface area contributed by atoms with Crippen molar-refractivity contribution in [3.8, 4) is 17.2 Å². The molecule has 0 aliphatic carbocycles. The van der Waals surface area contributed by atoms with E-state index in [2.05, 4.69) is 0 Å². The fourth-order valence-electron chi connectivity index (χ4n) is 3.46. The van der Waals surface area contributed by atoms with Crippen molar-refractivity contribution >= 4 is 11.7 Å². The molecule has 1 atom stereocenters. The van der Waals surface area contributed by atoms with Crippen LogP contribution in [-0.2, 0) is 4.79 Å². The minimum Gasteiger partial charge on any atom is -0.484 e. The number of nitrogens with zero attached hydrogens (tertiary/aromatic N) is 1. The highest BCUT2D eigenvalue weighted by Gasteiger charge is 2.29. The molecular formula is C21H21NO5. The number of hydrogen-bond donors (Lipinski definition) is 0. The van der Waals surface area contributed by atoms with Crippen LogP contribution in [0.15, 0.2) is 48.5 Å². The first-order valence-corrected chi connectivity index (χ1v) is 9.10. The molecule has 140 valence electrons. The molecular weight excluding hydrogens is 346 g/mol. The largest absolute Gasteiger partial charge is 0.484 e. The molecule has 0 radical (unpaired) electrons. The Labute approximate surface area is 157 Å². The number of rotatable bonds is 5. The van der Waals surface area contributed by atoms with Crippen LogP contribution < -0.4 is 14.2 Å². The van der Waals surface area contributed by atoms with Crippen molar-refractivity contribution < 1.29 is 23.8 Å². The Bertz CT molecular complexity index is 836. The second-order valence-electron chi connectivity index (χ2n) is 6.71. The molecule has 6 heteroatoms. The molecule has 0 spiro atoms. The zero-order valence-corrected chi connectivity index (χ0v) is 14.9. The molecule has 1 fully saturated rings. The average molecular weight is 367 g/mol. The lowest BCUT2D eigenvalue weighted by molar-refractivity contribution is -0.134. The van der Waals surface area contributed by atoms with E-state index in [1.165, 1.54) is 0 Å². The highest BCUT2D eigenvalue weighted by Crippen LogP contribution is 2.35. The number of amides is 1. The van der Waals surface area contributed by atoms with Crippen LogP contribution in [-0.4, -0.2) is 43.1 Å². The van der Waals surface area contributed by atoms with E-state index in [-0.39, 0.29) is 31.0 Å². The molecule has 0 saturated carbocycles. The molecule has 2 heterocycles. The van der Waals surface area contributed by atoms with E-state index in [0.717, 1.165) is 12.8 Å². The first kappa shape index (κ1) is 17.4. The molecule has 0 bridgehead atoms. The topological polar surface area (TPSA) is 65.1 Å². The minimum absolute atomic E-state index is 0.0636. The van der Waals surface area contributed by atoms with E-state index >= 15 is 0 Å². The van der Waals surface area contributed by atoms with E-state index in [1.54, 1.807) is 23.1 Å². The minimum atomic E-state index is -0.157. The van der Waals surface area contributed by atoms with Crippen LogP contribution >= 0.6 is 0 Å². The van der Waals surface area contributed by atoms with Gasteiger partial charge in [0.05, 0.1) is 0 Å². The van der Waals surface area contributed by atoms with Crippen molar-refractivity contribution in [2.24, 2.45) is 5.92 Å². The first-order valence-electron chi connectivity index (χ1n) is 9.10. The molecule has 27 heavy (non-hydrogen) atoms. The zero-order valence-electron chi connectivity index (χ0n) is 14.9. The van der Waals surface area contributed by atoms with E-state index in [4.69, 9.17) is 14.2 Å². The van der Waals surface area contributed by atoms with E-state index in [9.17, 15) is 9.59 Å². The van der Waals surface area contributed by atoms with Crippen LogP contribution in [0.5, 0.6) is 17.2 Å². The van der Waals surface area contributed by atoms with Gasteiger partial charge in [-0.1, -0.05) is 30.3 Å². The van der Waals surface area contributed by atoms with Gasteiger partial charge in [0.2, 0.25) is 6.79 Å². The smallest absolute Gasteiger partial charge is 0.260 e. The average Bonchev–Trinajstić information content (AvgIpc) is 3.20. The summed E-state index contributed by atoms with van der Waals surface area (Å²) in [6.45, 7) is 1.23. The van der Waals surface area contributed by atoms with Crippen molar-refractivity contribution in [3.63, 3.8) is 0 Å². The van der Waals surface area contributed by atoms with Gasteiger partial charge in [0, 0.05) is 30.6 Å². The van der Waals surface area contributed by atoms with Crippen molar-refractivity contribution in [2.45, 2.75) is 12.8 Å². The predicted octanol–water partition coefficient (Wildman–Crippen LogP) is 2.92. The van der Waals surface area contributed by atoms with Crippen molar-refractivity contribution in [3.05, 3.63) is 54.1 Å². The van der Waals surface area contributed by atoms with Gasteiger partial charge in [0.1, 0.15) is 5.75 Å². The van der Waals surface area contributed by atoms with Gasteiger partial charge < -0.3 is 19.1 Å². The first-order chi connectivity index (χ1) is 13.2. The highest BCUT2D eigenvalue weighted by atomic mass is 16.7. The SMILES string of the molecule is O=C(c1ccccc1)[C@@H]1CCCN(C(=O)COc2ccc3c(c2)OCO3)C1. The molecule has 0 unspecified atom stereocenters. The summed E-state index contributed by atoms with van der Waals surface area (Å²) in [5.74, 6) is 1.68. The molecule has 6 nitrogen and oxygen atoms in total. The number of ether oxygens (including phenoxy) is 3. The summed E-state index contributed by atoms with van der Waals surface area (Å²) in [4.78, 5) is 26.9. The standard InChI is InChI=1S/C21H21NO5/c23-20(13-25-17-8-9-18-19(11-17)27-14-26-18)22-10-4-7-16(12-22)21(24)15-5-2-1-3-6-15/h1-3,5-6,8-9,11,16H,4,7,10,12-14H2/t16-/m1/s1. The quantitative estimate of drug-likeness (QED) is 0.761. The second kappa shape index (κ2) is 7.70. The molecule has 2 aromatic rings. The molecule has 0 N–H and O–H groups in total. The fraction of sp³-hybridized carbons (Fsp3) is 0.333. The van der Waals surface area contributed by atoms with Crippen molar-refractivity contribution in [1.29, 1.82) is 0 Å². The maximum atomic E-state index is 12.7. The number of carbonyl (C=O) groups excluding carboxylic acids is 2. The summed E-state index contributed by atoms with van der Waals surface area (Å²) in [5, 5.41) is 0.